The summed E-state index contributed by atoms with van der Waals surface area (Å²) in [6.45, 7) is 4.27. The lowest BCUT2D eigenvalue weighted by Crippen LogP contribution is -2.45. The average Bonchev–Trinajstić information content (AvgIpc) is 2.85. The summed E-state index contributed by atoms with van der Waals surface area (Å²) < 4.78 is 39.0. The summed E-state index contributed by atoms with van der Waals surface area (Å²) in [4.78, 5) is 25.0. The SMILES string of the molecule is CCOC(=O)c1ccc(NC(=O)[C@H](Cc2ccccc2)NS(=O)(=O)c2ccc(OCC)cc2)cc1. The second kappa shape index (κ2) is 12.1. The summed E-state index contributed by atoms with van der Waals surface area (Å²) in [6, 6.07) is 20.2. The molecule has 1 amide bonds. The van der Waals surface area contributed by atoms with Crippen LogP contribution in [0.2, 0.25) is 0 Å². The minimum Gasteiger partial charge on any atom is -0.494 e. The largest absolute Gasteiger partial charge is 0.494 e. The zero-order valence-electron chi connectivity index (χ0n) is 19.6. The number of esters is 1. The predicted octanol–water partition coefficient (Wildman–Crippen LogP) is 3.79. The summed E-state index contributed by atoms with van der Waals surface area (Å²) in [5.41, 5.74) is 1.56. The summed E-state index contributed by atoms with van der Waals surface area (Å²) in [5, 5.41) is 2.72. The molecule has 184 valence electrons. The normalized spacial score (nSPS) is 11.9. The Morgan fingerprint density at radius 2 is 1.51 bits per heavy atom. The number of nitrogens with one attached hydrogen (secondary N) is 2. The minimum absolute atomic E-state index is 0.0191. The van der Waals surface area contributed by atoms with Gasteiger partial charge in [-0.15, -0.1) is 0 Å². The van der Waals surface area contributed by atoms with E-state index in [1.807, 2.05) is 37.3 Å². The van der Waals surface area contributed by atoms with E-state index in [1.54, 1.807) is 31.2 Å². The molecule has 0 bridgehead atoms. The lowest BCUT2D eigenvalue weighted by Gasteiger charge is -2.19. The fourth-order valence-corrected chi connectivity index (χ4v) is 4.50. The van der Waals surface area contributed by atoms with Gasteiger partial charge in [0.25, 0.3) is 0 Å². The van der Waals surface area contributed by atoms with Gasteiger partial charge < -0.3 is 14.8 Å². The van der Waals surface area contributed by atoms with Crippen LogP contribution < -0.4 is 14.8 Å². The molecule has 3 aromatic carbocycles. The van der Waals surface area contributed by atoms with Crippen LogP contribution in [0.25, 0.3) is 0 Å². The number of sulfonamides is 1. The fraction of sp³-hybridized carbons (Fsp3) is 0.231. The molecule has 0 unspecified atom stereocenters. The summed E-state index contributed by atoms with van der Waals surface area (Å²) >= 11 is 0. The third-order valence-electron chi connectivity index (χ3n) is 5.01. The highest BCUT2D eigenvalue weighted by molar-refractivity contribution is 7.89. The minimum atomic E-state index is -4.00. The fourth-order valence-electron chi connectivity index (χ4n) is 3.31. The van der Waals surface area contributed by atoms with Gasteiger partial charge in [0.15, 0.2) is 0 Å². The molecular formula is C26H28N2O6S. The van der Waals surface area contributed by atoms with Crippen molar-refractivity contribution >= 4 is 27.6 Å². The molecule has 0 aromatic heterocycles. The summed E-state index contributed by atoms with van der Waals surface area (Å²) in [7, 11) is -4.00. The van der Waals surface area contributed by atoms with Crippen molar-refractivity contribution in [3.8, 4) is 5.75 Å². The van der Waals surface area contributed by atoms with Crippen molar-refractivity contribution in [3.63, 3.8) is 0 Å². The maximum absolute atomic E-state index is 13.1. The van der Waals surface area contributed by atoms with Crippen LogP contribution in [0.1, 0.15) is 29.8 Å². The van der Waals surface area contributed by atoms with Gasteiger partial charge >= 0.3 is 5.97 Å². The molecule has 1 atom stereocenters. The van der Waals surface area contributed by atoms with Crippen LogP contribution in [0.4, 0.5) is 5.69 Å². The molecule has 8 nitrogen and oxygen atoms in total. The van der Waals surface area contributed by atoms with Crippen LogP contribution in [0.3, 0.4) is 0 Å². The number of ether oxygens (including phenoxy) is 2. The van der Waals surface area contributed by atoms with Crippen molar-refractivity contribution < 1.29 is 27.5 Å². The first kappa shape index (κ1) is 25.9. The Kier molecular flexibility index (Phi) is 8.99. The number of hydrogen-bond acceptors (Lipinski definition) is 6. The number of hydrogen-bond donors (Lipinski definition) is 2. The second-order valence-electron chi connectivity index (χ2n) is 7.56. The van der Waals surface area contributed by atoms with E-state index in [0.29, 0.717) is 23.6 Å². The molecule has 3 rings (SSSR count). The quantitative estimate of drug-likeness (QED) is 0.391. The van der Waals surface area contributed by atoms with Gasteiger partial charge in [-0.25, -0.2) is 13.2 Å². The highest BCUT2D eigenvalue weighted by Crippen LogP contribution is 2.18. The van der Waals surface area contributed by atoms with Gasteiger partial charge in [-0.1, -0.05) is 30.3 Å². The molecule has 2 N–H and O–H groups in total. The Morgan fingerprint density at radius 3 is 2.11 bits per heavy atom. The van der Waals surface area contributed by atoms with E-state index in [1.165, 1.54) is 24.3 Å². The number of amides is 1. The van der Waals surface area contributed by atoms with Crippen molar-refractivity contribution in [2.45, 2.75) is 31.2 Å². The van der Waals surface area contributed by atoms with Crippen molar-refractivity contribution in [2.75, 3.05) is 18.5 Å². The Hall–Kier alpha value is -3.69. The maximum Gasteiger partial charge on any atom is 0.338 e. The van der Waals surface area contributed by atoms with Gasteiger partial charge in [-0.05, 0) is 74.4 Å². The highest BCUT2D eigenvalue weighted by Gasteiger charge is 2.26. The van der Waals surface area contributed by atoms with Gasteiger partial charge in [-0.2, -0.15) is 4.72 Å². The molecule has 3 aromatic rings. The zero-order chi connectivity index (χ0) is 25.3. The number of carbonyl (C=O) groups excluding carboxylic acids is 2. The number of carbonyl (C=O) groups is 2. The molecular weight excluding hydrogens is 468 g/mol. The van der Waals surface area contributed by atoms with E-state index < -0.39 is 27.9 Å². The molecule has 0 aliphatic carbocycles. The van der Waals surface area contributed by atoms with Crippen LogP contribution in [0.15, 0.2) is 83.8 Å². The standard InChI is InChI=1S/C26H28N2O6S/c1-3-33-22-14-16-23(17-15-22)35(31,32)28-24(18-19-8-6-5-7-9-19)25(29)27-21-12-10-20(11-13-21)26(30)34-4-2/h5-17,24,28H,3-4,18H2,1-2H3,(H,27,29)/t24-/m0/s1. The van der Waals surface area contributed by atoms with Gasteiger partial charge in [-0.3, -0.25) is 4.79 Å². The smallest absolute Gasteiger partial charge is 0.338 e. The van der Waals surface area contributed by atoms with Crippen molar-refractivity contribution in [3.05, 3.63) is 90.0 Å². The van der Waals surface area contributed by atoms with Gasteiger partial charge in [0.2, 0.25) is 15.9 Å². The monoisotopic (exact) mass is 496 g/mol. The van der Waals surface area contributed by atoms with E-state index >= 15 is 0 Å². The van der Waals surface area contributed by atoms with E-state index in [0.717, 1.165) is 5.56 Å². The van der Waals surface area contributed by atoms with E-state index in [9.17, 15) is 18.0 Å². The molecule has 0 saturated carbocycles. The molecule has 0 aliphatic heterocycles. The van der Waals surface area contributed by atoms with Crippen LogP contribution in [0, 0.1) is 0 Å². The van der Waals surface area contributed by atoms with Crippen molar-refractivity contribution in [2.24, 2.45) is 0 Å². The first-order valence-electron chi connectivity index (χ1n) is 11.2. The lowest BCUT2D eigenvalue weighted by atomic mass is 10.1. The number of benzene rings is 3. The number of anilines is 1. The zero-order valence-corrected chi connectivity index (χ0v) is 20.4. The maximum atomic E-state index is 13.1. The topological polar surface area (TPSA) is 111 Å². The molecule has 0 heterocycles. The van der Waals surface area contributed by atoms with Crippen LogP contribution >= 0.6 is 0 Å². The highest BCUT2D eigenvalue weighted by atomic mass is 32.2. The molecule has 0 radical (unpaired) electrons. The molecule has 0 spiro atoms. The second-order valence-corrected chi connectivity index (χ2v) is 9.27. The predicted molar refractivity (Wildman–Crippen MR) is 133 cm³/mol. The van der Waals surface area contributed by atoms with Crippen molar-refractivity contribution in [1.82, 2.24) is 4.72 Å². The Labute approximate surface area is 205 Å². The van der Waals surface area contributed by atoms with Crippen LogP contribution in [-0.4, -0.2) is 39.5 Å². The third kappa shape index (κ3) is 7.40. The van der Waals surface area contributed by atoms with Gasteiger partial charge in [0, 0.05) is 5.69 Å². The molecule has 0 saturated heterocycles. The van der Waals surface area contributed by atoms with Gasteiger partial charge in [0.05, 0.1) is 23.7 Å². The average molecular weight is 497 g/mol. The Balaban J connectivity index is 1.79. The third-order valence-corrected chi connectivity index (χ3v) is 6.49. The van der Waals surface area contributed by atoms with E-state index in [4.69, 9.17) is 9.47 Å². The van der Waals surface area contributed by atoms with Crippen LogP contribution in [0.5, 0.6) is 5.75 Å². The summed E-state index contributed by atoms with van der Waals surface area (Å²) in [5.74, 6) is -0.445. The molecule has 0 fully saturated rings. The first-order valence-corrected chi connectivity index (χ1v) is 12.7. The van der Waals surface area contributed by atoms with Gasteiger partial charge in [0.1, 0.15) is 11.8 Å². The van der Waals surface area contributed by atoms with Crippen LogP contribution in [-0.2, 0) is 26.0 Å². The molecule has 0 aliphatic rings. The van der Waals surface area contributed by atoms with E-state index in [2.05, 4.69) is 10.0 Å². The summed E-state index contributed by atoms with van der Waals surface area (Å²) in [6.07, 6.45) is 0.143. The molecule has 35 heavy (non-hydrogen) atoms. The molecule has 9 heteroatoms. The van der Waals surface area contributed by atoms with Crippen molar-refractivity contribution in [1.29, 1.82) is 0 Å². The van der Waals surface area contributed by atoms with E-state index in [-0.39, 0.29) is 17.9 Å². The Morgan fingerprint density at radius 1 is 0.857 bits per heavy atom. The Bertz CT molecular complexity index is 1230. The number of rotatable bonds is 11. The first-order chi connectivity index (χ1) is 16.8. The lowest BCUT2D eigenvalue weighted by molar-refractivity contribution is -0.117.